The van der Waals surface area contributed by atoms with Crippen LogP contribution in [0.1, 0.15) is 44.6 Å². The van der Waals surface area contributed by atoms with Gasteiger partial charge in [0.2, 0.25) is 0 Å². The minimum Gasteiger partial charge on any atom is -0.328 e. The van der Waals surface area contributed by atoms with Gasteiger partial charge in [0.05, 0.1) is 0 Å². The van der Waals surface area contributed by atoms with E-state index in [4.69, 9.17) is 17.3 Å². The molecule has 4 heteroatoms. The second-order valence-corrected chi connectivity index (χ2v) is 7.07. The third-order valence-corrected chi connectivity index (χ3v) is 5.13. The summed E-state index contributed by atoms with van der Waals surface area (Å²) in [7, 11) is 0. The second kappa shape index (κ2) is 7.79. The van der Waals surface area contributed by atoms with E-state index in [0.29, 0.717) is 12.1 Å². The van der Waals surface area contributed by atoms with E-state index in [9.17, 15) is 0 Å². The van der Waals surface area contributed by atoms with E-state index >= 15 is 0 Å². The summed E-state index contributed by atoms with van der Waals surface area (Å²) in [5, 5.41) is 0.784. The summed E-state index contributed by atoms with van der Waals surface area (Å²) >= 11 is 9.65. The Balaban J connectivity index is 2.04. The molecule has 1 aliphatic rings. The van der Waals surface area contributed by atoms with E-state index in [2.05, 4.69) is 33.8 Å². The molecule has 1 fully saturated rings. The molecule has 0 atom stereocenters. The minimum absolute atomic E-state index is 0.414. The molecule has 0 spiro atoms. The van der Waals surface area contributed by atoms with Crippen LogP contribution < -0.4 is 5.73 Å². The van der Waals surface area contributed by atoms with Crippen LogP contribution in [0.2, 0.25) is 5.02 Å². The Kier molecular flexibility index (Phi) is 6.34. The van der Waals surface area contributed by atoms with Crippen molar-refractivity contribution in [3.05, 3.63) is 33.3 Å². The van der Waals surface area contributed by atoms with Crippen LogP contribution in [0.5, 0.6) is 0 Å². The lowest BCUT2D eigenvalue weighted by atomic mass is 9.90. The van der Waals surface area contributed by atoms with Crippen LogP contribution in [0.25, 0.3) is 0 Å². The Hall–Kier alpha value is -0.0900. The minimum atomic E-state index is 0.414. The summed E-state index contributed by atoms with van der Waals surface area (Å²) in [6, 6.07) is 7.18. The Bertz CT molecular complexity index is 430. The summed E-state index contributed by atoms with van der Waals surface area (Å²) in [6.45, 7) is 4.39. The normalized spacial score (nSPS) is 23.2. The molecular formula is C16H24BrClN2. The van der Waals surface area contributed by atoms with Gasteiger partial charge in [0.1, 0.15) is 0 Å². The lowest BCUT2D eigenvalue weighted by molar-refractivity contribution is 0.142. The van der Waals surface area contributed by atoms with Crippen LogP contribution in [0, 0.1) is 0 Å². The van der Waals surface area contributed by atoms with Gasteiger partial charge in [-0.3, -0.25) is 4.90 Å². The van der Waals surface area contributed by atoms with Gasteiger partial charge in [-0.2, -0.15) is 0 Å². The van der Waals surface area contributed by atoms with Crippen molar-refractivity contribution in [1.29, 1.82) is 0 Å². The number of rotatable bonds is 5. The average molecular weight is 360 g/mol. The molecule has 0 amide bonds. The maximum atomic E-state index is 6.02. The number of nitrogens with two attached hydrogens (primary N) is 1. The second-order valence-electron chi connectivity index (χ2n) is 5.77. The maximum absolute atomic E-state index is 6.02. The van der Waals surface area contributed by atoms with Crippen LogP contribution >= 0.6 is 27.5 Å². The first kappa shape index (κ1) is 16.3. The van der Waals surface area contributed by atoms with Crippen molar-refractivity contribution in [3.63, 3.8) is 0 Å². The van der Waals surface area contributed by atoms with Crippen molar-refractivity contribution < 1.29 is 0 Å². The highest BCUT2D eigenvalue weighted by Crippen LogP contribution is 2.27. The standard InChI is InChI=1S/C16H24BrClN2/c1-2-9-20(15-7-5-14(19)6-8-15)11-12-3-4-13(18)10-16(12)17/h3-4,10,14-15H,2,5-9,11,19H2,1H3. The molecule has 20 heavy (non-hydrogen) atoms. The molecule has 0 heterocycles. The molecular weight excluding hydrogens is 336 g/mol. The molecule has 0 unspecified atom stereocenters. The topological polar surface area (TPSA) is 29.3 Å². The van der Waals surface area contributed by atoms with E-state index in [1.807, 2.05) is 12.1 Å². The van der Waals surface area contributed by atoms with Crippen LogP contribution in [0.3, 0.4) is 0 Å². The van der Waals surface area contributed by atoms with Gasteiger partial charge in [0, 0.05) is 28.1 Å². The molecule has 0 bridgehead atoms. The van der Waals surface area contributed by atoms with Gasteiger partial charge >= 0.3 is 0 Å². The fraction of sp³-hybridized carbons (Fsp3) is 0.625. The zero-order valence-electron chi connectivity index (χ0n) is 12.1. The van der Waals surface area contributed by atoms with E-state index in [0.717, 1.165) is 35.4 Å². The van der Waals surface area contributed by atoms with E-state index in [-0.39, 0.29) is 0 Å². The number of benzene rings is 1. The summed E-state index contributed by atoms with van der Waals surface area (Å²) in [5.74, 6) is 0. The van der Waals surface area contributed by atoms with E-state index in [1.54, 1.807) is 0 Å². The highest BCUT2D eigenvalue weighted by atomic mass is 79.9. The molecule has 1 aromatic carbocycles. The predicted molar refractivity (Wildman–Crippen MR) is 90.1 cm³/mol. The Labute approximate surface area is 135 Å². The lowest BCUT2D eigenvalue weighted by Gasteiger charge is -2.36. The first-order valence-electron chi connectivity index (χ1n) is 7.53. The summed E-state index contributed by atoms with van der Waals surface area (Å²) in [4.78, 5) is 2.61. The number of halogens is 2. The Morgan fingerprint density at radius 1 is 1.30 bits per heavy atom. The van der Waals surface area contributed by atoms with Crippen molar-refractivity contribution in [2.75, 3.05) is 6.54 Å². The summed E-state index contributed by atoms with van der Waals surface area (Å²) in [5.41, 5.74) is 7.34. The fourth-order valence-corrected chi connectivity index (χ4v) is 3.82. The van der Waals surface area contributed by atoms with Crippen LogP contribution in [-0.2, 0) is 6.54 Å². The number of hydrogen-bond acceptors (Lipinski definition) is 2. The van der Waals surface area contributed by atoms with Crippen LogP contribution in [0.4, 0.5) is 0 Å². The van der Waals surface area contributed by atoms with Gasteiger partial charge in [-0.05, 0) is 56.3 Å². The van der Waals surface area contributed by atoms with Gasteiger partial charge in [-0.1, -0.05) is 40.5 Å². The maximum Gasteiger partial charge on any atom is 0.0417 e. The highest BCUT2D eigenvalue weighted by molar-refractivity contribution is 9.10. The van der Waals surface area contributed by atoms with Gasteiger partial charge < -0.3 is 5.73 Å². The molecule has 0 aliphatic heterocycles. The zero-order chi connectivity index (χ0) is 14.5. The van der Waals surface area contributed by atoms with Gasteiger partial charge in [-0.15, -0.1) is 0 Å². The zero-order valence-corrected chi connectivity index (χ0v) is 14.5. The highest BCUT2D eigenvalue weighted by Gasteiger charge is 2.24. The summed E-state index contributed by atoms with van der Waals surface area (Å²) < 4.78 is 1.11. The smallest absolute Gasteiger partial charge is 0.0417 e. The van der Waals surface area contributed by atoms with Crippen molar-refractivity contribution in [3.8, 4) is 0 Å². The van der Waals surface area contributed by atoms with Crippen molar-refractivity contribution in [1.82, 2.24) is 4.90 Å². The number of nitrogens with zero attached hydrogens (tertiary/aromatic N) is 1. The largest absolute Gasteiger partial charge is 0.328 e. The summed E-state index contributed by atoms with van der Waals surface area (Å²) in [6.07, 6.45) is 5.96. The van der Waals surface area contributed by atoms with Crippen molar-refractivity contribution >= 4 is 27.5 Å². The molecule has 0 radical (unpaired) electrons. The molecule has 0 saturated heterocycles. The van der Waals surface area contributed by atoms with Gasteiger partial charge in [0.15, 0.2) is 0 Å². The average Bonchev–Trinajstić information content (AvgIpc) is 2.42. The third kappa shape index (κ3) is 4.45. The first-order chi connectivity index (χ1) is 9.60. The molecule has 0 aromatic heterocycles. The SMILES string of the molecule is CCCN(Cc1ccc(Cl)cc1Br)C1CCC(N)CC1. The Morgan fingerprint density at radius 3 is 2.60 bits per heavy atom. The molecule has 2 N–H and O–H groups in total. The molecule has 1 saturated carbocycles. The van der Waals surface area contributed by atoms with Crippen LogP contribution in [-0.4, -0.2) is 23.5 Å². The fourth-order valence-electron chi connectivity index (χ4n) is 3.01. The first-order valence-corrected chi connectivity index (χ1v) is 8.70. The molecule has 1 aromatic rings. The Morgan fingerprint density at radius 2 is 2.00 bits per heavy atom. The molecule has 2 nitrogen and oxygen atoms in total. The van der Waals surface area contributed by atoms with E-state index < -0.39 is 0 Å². The van der Waals surface area contributed by atoms with Crippen molar-refractivity contribution in [2.45, 2.75) is 57.7 Å². The van der Waals surface area contributed by atoms with Crippen LogP contribution in [0.15, 0.2) is 22.7 Å². The number of hydrogen-bond donors (Lipinski definition) is 1. The van der Waals surface area contributed by atoms with Crippen molar-refractivity contribution in [2.24, 2.45) is 5.73 Å². The monoisotopic (exact) mass is 358 g/mol. The molecule has 2 rings (SSSR count). The quantitative estimate of drug-likeness (QED) is 0.833. The molecule has 112 valence electrons. The van der Waals surface area contributed by atoms with E-state index in [1.165, 1.54) is 24.8 Å². The third-order valence-electron chi connectivity index (χ3n) is 4.16. The van der Waals surface area contributed by atoms with Gasteiger partial charge in [0.25, 0.3) is 0 Å². The predicted octanol–water partition coefficient (Wildman–Crippen LogP) is 4.58. The lowest BCUT2D eigenvalue weighted by Crippen LogP contribution is -2.40. The van der Waals surface area contributed by atoms with Gasteiger partial charge in [-0.25, -0.2) is 0 Å². The molecule has 1 aliphatic carbocycles.